The maximum absolute atomic E-state index is 5.73. The summed E-state index contributed by atoms with van der Waals surface area (Å²) in [7, 11) is 0. The Morgan fingerprint density at radius 1 is 0.690 bits per heavy atom. The Morgan fingerprint density at radius 2 is 1.07 bits per heavy atom. The summed E-state index contributed by atoms with van der Waals surface area (Å²) in [4.78, 5) is 4.85. The van der Waals surface area contributed by atoms with Crippen molar-refractivity contribution in [3.8, 4) is 0 Å². The predicted octanol–water partition coefficient (Wildman–Crippen LogP) is 6.30. The first kappa shape index (κ1) is 21.2. The van der Waals surface area contributed by atoms with Crippen LogP contribution in [0.25, 0.3) is 0 Å². The van der Waals surface area contributed by atoms with E-state index in [1.54, 1.807) is 0 Å². The van der Waals surface area contributed by atoms with Gasteiger partial charge in [0, 0.05) is 23.6 Å². The molecule has 0 aromatic heterocycles. The van der Waals surface area contributed by atoms with Crippen molar-refractivity contribution >= 4 is 56.6 Å². The van der Waals surface area contributed by atoms with Crippen LogP contribution in [0.15, 0.2) is 60.7 Å². The number of nitrogens with zero attached hydrogens (tertiary/aromatic N) is 2. The van der Waals surface area contributed by atoms with Gasteiger partial charge in [0.1, 0.15) is 8.64 Å². The fourth-order valence-corrected chi connectivity index (χ4v) is 7.89. The zero-order valence-electron chi connectivity index (χ0n) is 16.7. The topological polar surface area (TPSA) is 6.48 Å². The van der Waals surface area contributed by atoms with Crippen LogP contribution < -0.4 is 0 Å². The Kier molecular flexibility index (Phi) is 6.84. The SMILES string of the molecule is CC1SC(=S)N(CCCN2C(=S)SC(C)C2c2ccccc2)C1c1ccccc1. The lowest BCUT2D eigenvalue weighted by atomic mass is 10.0. The minimum atomic E-state index is 0.359. The van der Waals surface area contributed by atoms with E-state index >= 15 is 0 Å². The molecule has 0 aliphatic carbocycles. The number of hydrogen-bond donors (Lipinski definition) is 0. The van der Waals surface area contributed by atoms with Crippen molar-refractivity contribution < 1.29 is 0 Å². The number of benzene rings is 2. The monoisotopic (exact) mass is 458 g/mol. The molecule has 0 amide bonds. The van der Waals surface area contributed by atoms with E-state index in [0.29, 0.717) is 22.6 Å². The number of thioether (sulfide) groups is 2. The third-order valence-corrected chi connectivity index (χ3v) is 8.86. The van der Waals surface area contributed by atoms with Gasteiger partial charge in [-0.15, -0.1) is 0 Å². The minimum Gasteiger partial charge on any atom is -0.349 e. The average molecular weight is 459 g/mol. The Morgan fingerprint density at radius 3 is 1.45 bits per heavy atom. The fourth-order valence-electron chi connectivity index (χ4n) is 4.39. The van der Waals surface area contributed by atoms with E-state index in [0.717, 1.165) is 28.2 Å². The van der Waals surface area contributed by atoms with E-state index in [1.165, 1.54) is 11.1 Å². The summed E-state index contributed by atoms with van der Waals surface area (Å²) in [6.07, 6.45) is 1.05. The highest BCUT2D eigenvalue weighted by molar-refractivity contribution is 8.24. The molecule has 0 N–H and O–H groups in total. The second-order valence-corrected chi connectivity index (χ2v) is 11.7. The molecule has 2 aromatic carbocycles. The van der Waals surface area contributed by atoms with Gasteiger partial charge in [0.05, 0.1) is 12.1 Å². The molecular formula is C23H26N2S4. The molecule has 4 atom stereocenters. The van der Waals surface area contributed by atoms with Crippen LogP contribution in [-0.2, 0) is 0 Å². The lowest BCUT2D eigenvalue weighted by Crippen LogP contribution is -2.34. The van der Waals surface area contributed by atoms with Crippen molar-refractivity contribution in [3.05, 3.63) is 71.8 Å². The van der Waals surface area contributed by atoms with Gasteiger partial charge in [-0.25, -0.2) is 0 Å². The Hall–Kier alpha value is -1.08. The maximum Gasteiger partial charge on any atom is 0.137 e. The Bertz CT molecular complexity index is 786. The zero-order valence-corrected chi connectivity index (χ0v) is 20.0. The van der Waals surface area contributed by atoms with Gasteiger partial charge in [-0.1, -0.05) is 122 Å². The van der Waals surface area contributed by atoms with E-state index in [9.17, 15) is 0 Å². The third kappa shape index (κ3) is 4.50. The molecule has 2 fully saturated rings. The highest BCUT2D eigenvalue weighted by Crippen LogP contribution is 2.43. The van der Waals surface area contributed by atoms with Crippen molar-refractivity contribution in [1.82, 2.24) is 9.80 Å². The van der Waals surface area contributed by atoms with E-state index in [4.69, 9.17) is 24.4 Å². The molecule has 4 unspecified atom stereocenters. The van der Waals surface area contributed by atoms with E-state index < -0.39 is 0 Å². The lowest BCUT2D eigenvalue weighted by molar-refractivity contribution is 0.286. The molecule has 0 bridgehead atoms. The van der Waals surface area contributed by atoms with Gasteiger partial charge < -0.3 is 9.80 Å². The molecule has 2 aromatic rings. The molecule has 2 aliphatic rings. The van der Waals surface area contributed by atoms with Crippen molar-refractivity contribution in [2.24, 2.45) is 0 Å². The molecule has 29 heavy (non-hydrogen) atoms. The highest BCUT2D eigenvalue weighted by atomic mass is 32.2. The van der Waals surface area contributed by atoms with Gasteiger partial charge in [0.15, 0.2) is 0 Å². The van der Waals surface area contributed by atoms with Crippen LogP contribution in [0, 0.1) is 0 Å². The Labute approximate surface area is 193 Å². The first-order valence-corrected chi connectivity index (χ1v) is 12.7. The zero-order chi connectivity index (χ0) is 20.4. The molecule has 4 rings (SSSR count). The molecule has 2 nitrogen and oxygen atoms in total. The molecule has 152 valence electrons. The second kappa shape index (κ2) is 9.38. The summed E-state index contributed by atoms with van der Waals surface area (Å²) in [6, 6.07) is 22.3. The summed E-state index contributed by atoms with van der Waals surface area (Å²) >= 11 is 15.1. The summed E-state index contributed by atoms with van der Waals surface area (Å²) in [5.74, 6) is 0. The smallest absolute Gasteiger partial charge is 0.137 e. The van der Waals surface area contributed by atoms with Gasteiger partial charge in [-0.3, -0.25) is 0 Å². The van der Waals surface area contributed by atoms with Gasteiger partial charge in [0.25, 0.3) is 0 Å². The molecule has 0 saturated carbocycles. The Balaban J connectivity index is 1.44. The van der Waals surface area contributed by atoms with E-state index in [-0.39, 0.29) is 0 Å². The molecule has 2 saturated heterocycles. The molecule has 6 heteroatoms. The molecule has 0 radical (unpaired) electrons. The second-order valence-electron chi connectivity index (χ2n) is 7.63. The first-order chi connectivity index (χ1) is 14.1. The third-order valence-electron chi connectivity index (χ3n) is 5.68. The van der Waals surface area contributed by atoms with E-state index in [2.05, 4.69) is 84.3 Å². The van der Waals surface area contributed by atoms with Crippen LogP contribution in [0.3, 0.4) is 0 Å². The van der Waals surface area contributed by atoms with Gasteiger partial charge in [-0.05, 0) is 17.5 Å². The van der Waals surface area contributed by atoms with Gasteiger partial charge >= 0.3 is 0 Å². The van der Waals surface area contributed by atoms with Crippen LogP contribution in [0.5, 0.6) is 0 Å². The van der Waals surface area contributed by atoms with Crippen molar-refractivity contribution in [2.75, 3.05) is 13.1 Å². The largest absolute Gasteiger partial charge is 0.349 e. The van der Waals surface area contributed by atoms with E-state index in [1.807, 2.05) is 23.5 Å². The van der Waals surface area contributed by atoms with Crippen molar-refractivity contribution in [3.63, 3.8) is 0 Å². The lowest BCUT2D eigenvalue weighted by Gasteiger charge is -2.31. The number of thiocarbonyl (C=S) groups is 2. The van der Waals surface area contributed by atoms with Crippen LogP contribution in [0.2, 0.25) is 0 Å². The minimum absolute atomic E-state index is 0.359. The van der Waals surface area contributed by atoms with Gasteiger partial charge in [0.2, 0.25) is 0 Å². The summed E-state index contributed by atoms with van der Waals surface area (Å²) < 4.78 is 2.05. The molecular weight excluding hydrogens is 433 g/mol. The standard InChI is InChI=1S/C23H26N2S4/c1-16-20(18-10-5-3-6-11-18)24(22(26)28-16)14-9-15-25-21(17(2)29-23(25)27)19-12-7-4-8-13-19/h3-8,10-13,16-17,20-21H,9,14-15H2,1-2H3. The normalized spacial score (nSPS) is 27.1. The average Bonchev–Trinajstić information content (AvgIpc) is 3.17. The highest BCUT2D eigenvalue weighted by Gasteiger charge is 2.38. The summed E-state index contributed by atoms with van der Waals surface area (Å²) in [5.41, 5.74) is 2.71. The van der Waals surface area contributed by atoms with Crippen LogP contribution in [0.4, 0.5) is 0 Å². The van der Waals surface area contributed by atoms with Crippen LogP contribution in [-0.4, -0.2) is 42.0 Å². The van der Waals surface area contributed by atoms with Crippen LogP contribution in [0.1, 0.15) is 43.5 Å². The maximum atomic E-state index is 5.73. The predicted molar refractivity (Wildman–Crippen MR) is 136 cm³/mol. The van der Waals surface area contributed by atoms with Crippen molar-refractivity contribution in [1.29, 1.82) is 0 Å². The van der Waals surface area contributed by atoms with Crippen molar-refractivity contribution in [2.45, 2.75) is 42.9 Å². The van der Waals surface area contributed by atoms with Crippen LogP contribution >= 0.6 is 48.0 Å². The quantitative estimate of drug-likeness (QED) is 0.465. The van der Waals surface area contributed by atoms with Gasteiger partial charge in [-0.2, -0.15) is 0 Å². The molecule has 2 aliphatic heterocycles. The summed E-state index contributed by atoms with van der Waals surface area (Å²) in [5, 5.41) is 0.954. The first-order valence-electron chi connectivity index (χ1n) is 10.1. The number of rotatable bonds is 6. The molecule has 2 heterocycles. The number of hydrogen-bond acceptors (Lipinski definition) is 4. The molecule has 0 spiro atoms. The summed E-state index contributed by atoms with van der Waals surface area (Å²) in [6.45, 7) is 6.51. The fraction of sp³-hybridized carbons (Fsp3) is 0.391.